The Morgan fingerprint density at radius 1 is 1.02 bits per heavy atom. The molecule has 1 atom stereocenters. The van der Waals surface area contributed by atoms with Gasteiger partial charge in [-0.3, -0.25) is 14.6 Å². The Morgan fingerprint density at radius 3 is 2.49 bits per heavy atom. The molecule has 0 amide bonds. The lowest BCUT2D eigenvalue weighted by Crippen LogP contribution is -2.56. The van der Waals surface area contributed by atoms with Crippen LogP contribution in [0.2, 0.25) is 0 Å². The number of carboxylic acid groups (broad SMARTS) is 1. The summed E-state index contributed by atoms with van der Waals surface area (Å²) in [6.45, 7) is 18.1. The van der Waals surface area contributed by atoms with E-state index >= 15 is 0 Å². The summed E-state index contributed by atoms with van der Waals surface area (Å²) in [5.74, 6) is 1.80. The number of fused-ring (bicyclic) bond motifs is 1. The highest BCUT2D eigenvalue weighted by molar-refractivity contribution is 5.74. The third kappa shape index (κ3) is 7.47. The molecule has 0 unspecified atom stereocenters. The Hall–Kier alpha value is -3.55. The predicted octanol–water partition coefficient (Wildman–Crippen LogP) is 7.60. The zero-order chi connectivity index (χ0) is 32.1. The number of ether oxygens (including phenoxy) is 3. The number of rotatable bonds is 15. The lowest BCUT2D eigenvalue weighted by Gasteiger charge is -2.48. The van der Waals surface area contributed by atoms with Crippen molar-refractivity contribution >= 4 is 5.97 Å². The van der Waals surface area contributed by atoms with Gasteiger partial charge in [-0.1, -0.05) is 37.3 Å². The molecule has 7 heteroatoms. The predicted molar refractivity (Wildman–Crippen MR) is 180 cm³/mol. The van der Waals surface area contributed by atoms with Crippen LogP contribution in [0.25, 0.3) is 11.1 Å². The molecule has 242 valence electrons. The van der Waals surface area contributed by atoms with Crippen molar-refractivity contribution in [1.29, 1.82) is 0 Å². The highest BCUT2D eigenvalue weighted by atomic mass is 16.5. The maximum atomic E-state index is 11.1. The number of likely N-dealkylation sites (tertiary alicyclic amines) is 1. The molecule has 0 aromatic heterocycles. The van der Waals surface area contributed by atoms with E-state index < -0.39 is 5.97 Å². The van der Waals surface area contributed by atoms with Gasteiger partial charge in [-0.25, -0.2) is 0 Å². The fourth-order valence-electron chi connectivity index (χ4n) is 6.72. The minimum Gasteiger partial charge on any atom is -0.493 e. The summed E-state index contributed by atoms with van der Waals surface area (Å²) < 4.78 is 19.1. The van der Waals surface area contributed by atoms with Gasteiger partial charge in [0, 0.05) is 43.3 Å². The number of aryl methyl sites for hydroxylation is 1. The third-order valence-electron chi connectivity index (χ3n) is 9.67. The summed E-state index contributed by atoms with van der Waals surface area (Å²) in [6, 6.07) is 17.1. The van der Waals surface area contributed by atoms with Crippen LogP contribution in [0.15, 0.2) is 48.5 Å². The van der Waals surface area contributed by atoms with E-state index in [1.54, 1.807) is 0 Å². The molecule has 1 fully saturated rings. The molecule has 0 saturated carbocycles. The van der Waals surface area contributed by atoms with Gasteiger partial charge in [0.1, 0.15) is 30.0 Å². The molecule has 1 heterocycles. The summed E-state index contributed by atoms with van der Waals surface area (Å²) in [6.07, 6.45) is 3.19. The van der Waals surface area contributed by atoms with Gasteiger partial charge in [0.2, 0.25) is 0 Å². The molecule has 0 bridgehead atoms. The first-order valence-corrected chi connectivity index (χ1v) is 16.6. The number of benzene rings is 3. The Kier molecular flexibility index (Phi) is 10.4. The number of aliphatic carboxylic acids is 1. The van der Waals surface area contributed by atoms with E-state index in [9.17, 15) is 4.79 Å². The number of nitrogens with zero attached hydrogens (tertiary/aromatic N) is 2. The average molecular weight is 615 g/mol. The summed E-state index contributed by atoms with van der Waals surface area (Å²) in [5.41, 5.74) is 8.63. The van der Waals surface area contributed by atoms with Crippen LogP contribution in [0.5, 0.6) is 17.2 Å². The third-order valence-corrected chi connectivity index (χ3v) is 9.67. The van der Waals surface area contributed by atoms with Crippen molar-refractivity contribution < 1.29 is 24.1 Å². The standard InChI is InChI=1S/C38H50N2O5/c1-7-39(19-17-37(41)42)25-28-23-26(3)35(24-36(28)43-8-2)45-34-16-15-31-30(12-9-13-32(31)34)29-11-10-14-33(27(29)4)44-22-21-40-20-18-38(40,5)6/h9-14,23-24,34H,7-8,15-22,25H2,1-6H3,(H,41,42)/t34-/m0/s1. The molecule has 5 rings (SSSR count). The van der Waals surface area contributed by atoms with Crippen molar-refractivity contribution in [3.8, 4) is 28.4 Å². The van der Waals surface area contributed by atoms with E-state index in [0.29, 0.717) is 26.3 Å². The van der Waals surface area contributed by atoms with E-state index in [2.05, 4.69) is 86.9 Å². The summed E-state index contributed by atoms with van der Waals surface area (Å²) in [5, 5.41) is 9.15. The maximum absolute atomic E-state index is 11.1. The van der Waals surface area contributed by atoms with Crippen LogP contribution in [0.1, 0.15) is 80.9 Å². The van der Waals surface area contributed by atoms with Crippen molar-refractivity contribution in [2.45, 2.75) is 85.4 Å². The van der Waals surface area contributed by atoms with Crippen LogP contribution in [0, 0.1) is 13.8 Å². The van der Waals surface area contributed by atoms with Crippen molar-refractivity contribution in [2.75, 3.05) is 39.4 Å². The normalized spacial score (nSPS) is 17.2. The van der Waals surface area contributed by atoms with Gasteiger partial charge in [0.25, 0.3) is 0 Å². The molecule has 1 saturated heterocycles. The first kappa shape index (κ1) is 32.8. The second-order valence-electron chi connectivity index (χ2n) is 13.0. The average Bonchev–Trinajstić information content (AvgIpc) is 3.42. The minimum absolute atomic E-state index is 0.0405. The molecule has 3 aromatic rings. The molecule has 1 N–H and O–H groups in total. The van der Waals surface area contributed by atoms with Crippen LogP contribution >= 0.6 is 0 Å². The van der Waals surface area contributed by atoms with Gasteiger partial charge in [-0.05, 0) is 106 Å². The summed E-state index contributed by atoms with van der Waals surface area (Å²) in [7, 11) is 0. The lowest BCUT2D eigenvalue weighted by atomic mass is 9.89. The van der Waals surface area contributed by atoms with Gasteiger partial charge in [0.15, 0.2) is 0 Å². The van der Waals surface area contributed by atoms with Crippen molar-refractivity contribution in [3.05, 3.63) is 76.3 Å². The number of hydrogen-bond donors (Lipinski definition) is 1. The molecule has 0 spiro atoms. The van der Waals surface area contributed by atoms with Gasteiger partial charge < -0.3 is 19.3 Å². The first-order chi connectivity index (χ1) is 21.6. The van der Waals surface area contributed by atoms with Gasteiger partial charge in [-0.15, -0.1) is 0 Å². The molecule has 1 aliphatic heterocycles. The number of hydrogen-bond acceptors (Lipinski definition) is 6. The van der Waals surface area contributed by atoms with Crippen LogP contribution in [-0.4, -0.2) is 65.8 Å². The Morgan fingerprint density at radius 2 is 1.80 bits per heavy atom. The molecular formula is C38H50N2O5. The zero-order valence-electron chi connectivity index (χ0n) is 27.9. The second-order valence-corrected chi connectivity index (χ2v) is 13.0. The zero-order valence-corrected chi connectivity index (χ0v) is 27.9. The summed E-state index contributed by atoms with van der Waals surface area (Å²) >= 11 is 0. The van der Waals surface area contributed by atoms with Gasteiger partial charge in [0.05, 0.1) is 13.0 Å². The SMILES string of the molecule is CCOc1cc(O[C@H]2CCc3c(-c4cccc(OCCN5CCC5(C)C)c4C)cccc32)c(C)cc1CN(CC)CCC(=O)O. The van der Waals surface area contributed by atoms with Crippen molar-refractivity contribution in [3.63, 3.8) is 0 Å². The fraction of sp³-hybridized carbons (Fsp3) is 0.500. The molecule has 3 aromatic carbocycles. The van der Waals surface area contributed by atoms with E-state index in [0.717, 1.165) is 60.9 Å². The lowest BCUT2D eigenvalue weighted by molar-refractivity contribution is -0.137. The molecule has 1 aliphatic carbocycles. The Labute approximate surface area is 269 Å². The van der Waals surface area contributed by atoms with E-state index in [1.807, 2.05) is 13.0 Å². The van der Waals surface area contributed by atoms with E-state index in [-0.39, 0.29) is 18.1 Å². The Balaban J connectivity index is 1.33. The van der Waals surface area contributed by atoms with E-state index in [4.69, 9.17) is 19.3 Å². The molecule has 7 nitrogen and oxygen atoms in total. The van der Waals surface area contributed by atoms with Gasteiger partial charge >= 0.3 is 5.97 Å². The van der Waals surface area contributed by atoms with Crippen LogP contribution < -0.4 is 14.2 Å². The summed E-state index contributed by atoms with van der Waals surface area (Å²) in [4.78, 5) is 15.8. The second kappa shape index (κ2) is 14.3. The number of carbonyl (C=O) groups is 1. The van der Waals surface area contributed by atoms with Crippen LogP contribution in [0.3, 0.4) is 0 Å². The fourth-order valence-corrected chi connectivity index (χ4v) is 6.72. The molecule has 45 heavy (non-hydrogen) atoms. The van der Waals surface area contributed by atoms with E-state index in [1.165, 1.54) is 34.2 Å². The Bertz CT molecular complexity index is 1500. The topological polar surface area (TPSA) is 71.5 Å². The van der Waals surface area contributed by atoms with Gasteiger partial charge in [-0.2, -0.15) is 0 Å². The largest absolute Gasteiger partial charge is 0.493 e. The molecule has 2 aliphatic rings. The highest BCUT2D eigenvalue weighted by Crippen LogP contribution is 2.43. The molecular weight excluding hydrogens is 564 g/mol. The maximum Gasteiger partial charge on any atom is 0.304 e. The number of carboxylic acids is 1. The molecule has 0 radical (unpaired) electrons. The quantitative estimate of drug-likeness (QED) is 0.189. The minimum atomic E-state index is -0.781. The van der Waals surface area contributed by atoms with Crippen molar-refractivity contribution in [1.82, 2.24) is 9.80 Å². The highest BCUT2D eigenvalue weighted by Gasteiger charge is 2.35. The van der Waals surface area contributed by atoms with Crippen molar-refractivity contribution in [2.24, 2.45) is 0 Å². The smallest absolute Gasteiger partial charge is 0.304 e. The monoisotopic (exact) mass is 614 g/mol. The van der Waals surface area contributed by atoms with Crippen LogP contribution in [-0.2, 0) is 17.8 Å². The first-order valence-electron chi connectivity index (χ1n) is 16.6. The van der Waals surface area contributed by atoms with Crippen LogP contribution in [0.4, 0.5) is 0 Å².